The molecule has 0 radical (unpaired) electrons. The first kappa shape index (κ1) is 36.2. The molecule has 3 amide bonds. The predicted molar refractivity (Wildman–Crippen MR) is 217 cm³/mol. The van der Waals surface area contributed by atoms with E-state index in [2.05, 4.69) is 50.5 Å². The first-order valence-corrected chi connectivity index (χ1v) is 20.3. The van der Waals surface area contributed by atoms with Crippen molar-refractivity contribution in [3.63, 3.8) is 0 Å². The summed E-state index contributed by atoms with van der Waals surface area (Å²) in [7, 11) is 0. The lowest BCUT2D eigenvalue weighted by Crippen LogP contribution is -2.55. The number of hydrogen-bond acceptors (Lipinski definition) is 6. The molecule has 4 heterocycles. The molecule has 1 saturated heterocycles. The highest BCUT2D eigenvalue weighted by molar-refractivity contribution is 6.07. The van der Waals surface area contributed by atoms with Crippen molar-refractivity contribution in [3.05, 3.63) is 102 Å². The summed E-state index contributed by atoms with van der Waals surface area (Å²) in [6.07, 6.45) is 13.7. The van der Waals surface area contributed by atoms with Gasteiger partial charge in [-0.05, 0) is 99.0 Å². The Labute approximate surface area is 327 Å². The number of hydrogen-bond donors (Lipinski definition) is 2. The molecule has 56 heavy (non-hydrogen) atoms. The maximum atomic E-state index is 14.4. The largest absolute Gasteiger partial charge is 0.444 e. The van der Waals surface area contributed by atoms with Crippen LogP contribution in [0, 0.1) is 0 Å². The summed E-state index contributed by atoms with van der Waals surface area (Å²) in [6.45, 7) is 5.51. The minimum Gasteiger partial charge on any atom is -0.444 e. The fourth-order valence-corrected chi connectivity index (χ4v) is 9.70. The van der Waals surface area contributed by atoms with Gasteiger partial charge >= 0.3 is 0 Å². The highest BCUT2D eigenvalue weighted by Gasteiger charge is 2.43. The van der Waals surface area contributed by atoms with Crippen molar-refractivity contribution in [3.8, 4) is 22.6 Å². The fraction of sp³-hybridized carbons (Fsp3) is 0.391. The van der Waals surface area contributed by atoms with Gasteiger partial charge in [0.1, 0.15) is 5.54 Å². The molecule has 4 aliphatic rings. The number of nitrogens with zero attached hydrogens (tertiary/aromatic N) is 3. The van der Waals surface area contributed by atoms with Crippen LogP contribution in [0.1, 0.15) is 99.0 Å². The molecule has 2 atom stereocenters. The van der Waals surface area contributed by atoms with E-state index in [0.29, 0.717) is 55.4 Å². The number of oxazole rings is 1. The lowest BCUT2D eigenvalue weighted by atomic mass is 9.81. The Kier molecular flexibility index (Phi) is 9.61. The van der Waals surface area contributed by atoms with Gasteiger partial charge in [0, 0.05) is 51.9 Å². The maximum absolute atomic E-state index is 14.4. The normalized spacial score (nSPS) is 20.8. The summed E-state index contributed by atoms with van der Waals surface area (Å²) in [6, 6.07) is 21.8. The van der Waals surface area contributed by atoms with Crippen LogP contribution in [0.5, 0.6) is 0 Å². The molecule has 288 valence electrons. The Bertz CT molecular complexity index is 2300. The quantitative estimate of drug-likeness (QED) is 0.172. The van der Waals surface area contributed by atoms with Crippen LogP contribution in [0.15, 0.2) is 89.3 Å². The first-order valence-electron chi connectivity index (χ1n) is 20.3. The third-order valence-corrected chi connectivity index (χ3v) is 12.3. The van der Waals surface area contributed by atoms with Crippen LogP contribution < -0.4 is 10.6 Å². The summed E-state index contributed by atoms with van der Waals surface area (Å²) in [4.78, 5) is 48.7. The third kappa shape index (κ3) is 6.74. The summed E-state index contributed by atoms with van der Waals surface area (Å²) in [5.74, 6) is 0.547. The van der Waals surface area contributed by atoms with E-state index in [0.717, 1.165) is 64.5 Å². The van der Waals surface area contributed by atoms with Crippen LogP contribution in [-0.4, -0.2) is 63.0 Å². The van der Waals surface area contributed by atoms with Crippen LogP contribution in [0.2, 0.25) is 0 Å². The van der Waals surface area contributed by atoms with Gasteiger partial charge in [-0.1, -0.05) is 62.4 Å². The number of fused-ring (bicyclic) bond motifs is 5. The molecule has 2 aliphatic heterocycles. The smallest absolute Gasteiger partial charge is 0.252 e. The number of nitrogens with one attached hydrogen (secondary N) is 2. The molecular weight excluding hydrogens is 703 g/mol. The molecule has 10 nitrogen and oxygen atoms in total. The van der Waals surface area contributed by atoms with E-state index in [1.165, 1.54) is 31.2 Å². The molecule has 2 aliphatic carbocycles. The van der Waals surface area contributed by atoms with Crippen molar-refractivity contribution in [2.24, 2.45) is 0 Å². The first-order chi connectivity index (χ1) is 27.3. The highest BCUT2D eigenvalue weighted by atomic mass is 16.5. The van der Waals surface area contributed by atoms with Crippen LogP contribution in [0.3, 0.4) is 0 Å². The van der Waals surface area contributed by atoms with E-state index < -0.39 is 5.54 Å². The van der Waals surface area contributed by atoms with Crippen LogP contribution in [0.25, 0.3) is 39.6 Å². The molecule has 0 unspecified atom stereocenters. The van der Waals surface area contributed by atoms with E-state index in [1.807, 2.05) is 61.2 Å². The van der Waals surface area contributed by atoms with Gasteiger partial charge in [-0.25, -0.2) is 4.98 Å². The van der Waals surface area contributed by atoms with Crippen molar-refractivity contribution in [1.82, 2.24) is 19.8 Å². The molecule has 3 fully saturated rings. The second-order valence-corrected chi connectivity index (χ2v) is 16.3. The number of anilines is 1. The fourth-order valence-electron chi connectivity index (χ4n) is 9.70. The number of rotatable bonds is 7. The minimum atomic E-state index is -1.04. The lowest BCUT2D eigenvalue weighted by Gasteiger charge is -2.35. The average Bonchev–Trinajstić information content (AvgIpc) is 3.97. The van der Waals surface area contributed by atoms with Gasteiger partial charge in [0.05, 0.1) is 30.6 Å². The Hall–Kier alpha value is -5.48. The van der Waals surface area contributed by atoms with Gasteiger partial charge in [-0.15, -0.1) is 0 Å². The van der Waals surface area contributed by atoms with Crippen molar-refractivity contribution >= 4 is 40.4 Å². The molecule has 0 bridgehead atoms. The number of ether oxygens (including phenoxy) is 1. The zero-order valence-electron chi connectivity index (χ0n) is 32.2. The van der Waals surface area contributed by atoms with E-state index in [9.17, 15) is 14.4 Å². The Morgan fingerprint density at radius 3 is 2.36 bits per heavy atom. The van der Waals surface area contributed by atoms with Gasteiger partial charge in [0.15, 0.2) is 12.2 Å². The number of amides is 3. The molecule has 2 aromatic heterocycles. The van der Waals surface area contributed by atoms with E-state index >= 15 is 0 Å². The second-order valence-electron chi connectivity index (χ2n) is 16.3. The summed E-state index contributed by atoms with van der Waals surface area (Å²) in [5, 5.41) is 7.42. The summed E-state index contributed by atoms with van der Waals surface area (Å²) in [5.41, 5.74) is 7.21. The van der Waals surface area contributed by atoms with Crippen molar-refractivity contribution in [2.75, 3.05) is 18.4 Å². The Morgan fingerprint density at radius 1 is 0.875 bits per heavy atom. The van der Waals surface area contributed by atoms with E-state index in [-0.39, 0.29) is 29.9 Å². The lowest BCUT2D eigenvalue weighted by molar-refractivity contribution is -0.139. The number of aromatic nitrogens is 2. The molecule has 2 saturated carbocycles. The zero-order valence-corrected chi connectivity index (χ0v) is 32.2. The molecule has 9 rings (SSSR count). The van der Waals surface area contributed by atoms with Crippen molar-refractivity contribution in [2.45, 2.75) is 102 Å². The summed E-state index contributed by atoms with van der Waals surface area (Å²) < 4.78 is 13.7. The Morgan fingerprint density at radius 2 is 1.62 bits per heavy atom. The molecule has 5 aromatic rings. The van der Waals surface area contributed by atoms with E-state index in [4.69, 9.17) is 9.15 Å². The molecular formula is C46H49N5O5. The number of benzene rings is 3. The van der Waals surface area contributed by atoms with Gasteiger partial charge in [0.2, 0.25) is 5.91 Å². The van der Waals surface area contributed by atoms with Gasteiger partial charge in [-0.2, -0.15) is 0 Å². The topological polar surface area (TPSA) is 119 Å². The third-order valence-electron chi connectivity index (χ3n) is 12.3. The minimum absolute atomic E-state index is 0.0198. The SMILES string of the molecule is C[C@@H]1CN(C(=O)C2=Cc3ccccc3-c3c(C4CCCCC4)c4ccc(C(=O)NC5(C(=O)Nc6ccc(-c7cnco7)cc6)CCCC5)cc4n3C2)C[C@H](C)O1. The van der Waals surface area contributed by atoms with Gasteiger partial charge in [0.25, 0.3) is 11.8 Å². The maximum Gasteiger partial charge on any atom is 0.252 e. The second kappa shape index (κ2) is 14.9. The van der Waals surface area contributed by atoms with Crippen LogP contribution in [-0.2, 0) is 20.9 Å². The average molecular weight is 752 g/mol. The van der Waals surface area contributed by atoms with Gasteiger partial charge < -0.3 is 29.3 Å². The summed E-state index contributed by atoms with van der Waals surface area (Å²) >= 11 is 0. The van der Waals surface area contributed by atoms with Crippen LogP contribution in [0.4, 0.5) is 5.69 Å². The molecule has 3 aromatic carbocycles. The van der Waals surface area contributed by atoms with Gasteiger partial charge in [-0.3, -0.25) is 14.4 Å². The van der Waals surface area contributed by atoms with Crippen molar-refractivity contribution in [1.29, 1.82) is 0 Å². The molecule has 2 N–H and O–H groups in total. The number of carbonyl (C=O) groups excluding carboxylic acids is 3. The number of morpholine rings is 1. The number of carbonyl (C=O) groups is 3. The van der Waals surface area contributed by atoms with Crippen LogP contribution >= 0.6 is 0 Å². The Balaban J connectivity index is 1.07. The monoisotopic (exact) mass is 751 g/mol. The van der Waals surface area contributed by atoms with Crippen molar-refractivity contribution < 1.29 is 23.5 Å². The predicted octanol–water partition coefficient (Wildman–Crippen LogP) is 8.73. The van der Waals surface area contributed by atoms with E-state index in [1.54, 1.807) is 6.20 Å². The molecule has 10 heteroatoms. The highest BCUT2D eigenvalue weighted by Crippen LogP contribution is 2.47. The standard InChI is InChI=1S/C46H49N5O5/c1-29-25-50(26-30(2)56-29)44(53)35-22-33-12-6-7-13-37(33)42-41(32-10-4-3-5-11-32)38-19-16-34(23-39(38)51(42)27-35)43(52)49-46(20-8-9-21-46)45(54)48-36-17-14-31(15-18-36)40-24-47-28-55-40/h6-7,12-19,22-24,28-30,32H,3-5,8-11,20-21,25-27H2,1-2H3,(H,48,54)(H,49,52)/t29-,30+. The zero-order chi connectivity index (χ0) is 38.4. The molecule has 0 spiro atoms.